The van der Waals surface area contributed by atoms with Crippen molar-refractivity contribution < 1.29 is 43.4 Å². The predicted molar refractivity (Wildman–Crippen MR) is 159 cm³/mol. The molecule has 9 nitrogen and oxygen atoms in total. The predicted octanol–water partition coefficient (Wildman–Crippen LogP) is 4.63. The number of aliphatic hydroxyl groups is 1. The Hall–Kier alpha value is -2.55. The van der Waals surface area contributed by atoms with E-state index in [2.05, 4.69) is 0 Å². The lowest BCUT2D eigenvalue weighted by Gasteiger charge is -2.35. The molecule has 0 aliphatic carbocycles. The Morgan fingerprint density at radius 1 is 0.595 bits per heavy atom. The van der Waals surface area contributed by atoms with Crippen molar-refractivity contribution >= 4 is 40.7 Å². The number of hydrogen-bond acceptors (Lipinski definition) is 9. The van der Waals surface area contributed by atoms with E-state index in [9.17, 15) is 38.7 Å². The van der Waals surface area contributed by atoms with Crippen LogP contribution >= 0.6 is 0 Å². The third-order valence-corrected chi connectivity index (χ3v) is 8.72. The van der Waals surface area contributed by atoms with Crippen molar-refractivity contribution in [3.63, 3.8) is 0 Å². The van der Waals surface area contributed by atoms with Crippen molar-refractivity contribution in [2.45, 2.75) is 115 Å². The van der Waals surface area contributed by atoms with Gasteiger partial charge in [-0.25, -0.2) is 0 Å². The SMILES string of the molecule is CCC(=O)C(C)C(=O)C(C)C(=O)[C@@H](C)[C@@H](O)[C@H](C)[C@@H](OC(=O)CC(C)C)[C@@H](C)C(=O)C(C)C(=O)C(C)C(=O)[C@@H](C)CC. The largest absolute Gasteiger partial charge is 0.461 e. The molecule has 0 amide bonds. The van der Waals surface area contributed by atoms with Crippen LogP contribution in [0.15, 0.2) is 0 Å². The van der Waals surface area contributed by atoms with Crippen LogP contribution < -0.4 is 0 Å². The van der Waals surface area contributed by atoms with E-state index >= 15 is 0 Å². The number of Topliss-reactive ketones (excluding diaryl/α,β-unsaturated/α-hetero) is 6. The van der Waals surface area contributed by atoms with Crippen LogP contribution in [0.4, 0.5) is 0 Å². The maximum absolute atomic E-state index is 13.5. The van der Waals surface area contributed by atoms with Crippen LogP contribution in [0.2, 0.25) is 0 Å². The number of carbonyl (C=O) groups is 7. The van der Waals surface area contributed by atoms with E-state index < -0.39 is 82.7 Å². The molecule has 42 heavy (non-hydrogen) atoms. The molecule has 0 aromatic carbocycles. The summed E-state index contributed by atoms with van der Waals surface area (Å²) in [5.41, 5.74) is 0. The molecule has 0 aromatic heterocycles. The molecule has 0 saturated heterocycles. The van der Waals surface area contributed by atoms with Gasteiger partial charge >= 0.3 is 5.97 Å². The third-order valence-electron chi connectivity index (χ3n) is 8.72. The van der Waals surface area contributed by atoms with Gasteiger partial charge in [-0.3, -0.25) is 33.6 Å². The van der Waals surface area contributed by atoms with Crippen LogP contribution in [0.5, 0.6) is 0 Å². The molecular weight excluding hydrogens is 540 g/mol. The van der Waals surface area contributed by atoms with Crippen LogP contribution in [0.25, 0.3) is 0 Å². The topological polar surface area (TPSA) is 149 Å². The first-order valence-electron chi connectivity index (χ1n) is 15.3. The van der Waals surface area contributed by atoms with Gasteiger partial charge in [-0.15, -0.1) is 0 Å². The van der Waals surface area contributed by atoms with Gasteiger partial charge in [0.1, 0.15) is 29.2 Å². The number of hydrogen-bond donors (Lipinski definition) is 1. The maximum Gasteiger partial charge on any atom is 0.306 e. The van der Waals surface area contributed by atoms with Crippen molar-refractivity contribution in [1.29, 1.82) is 0 Å². The lowest BCUT2D eigenvalue weighted by atomic mass is 9.75. The molecule has 0 radical (unpaired) electrons. The summed E-state index contributed by atoms with van der Waals surface area (Å²) >= 11 is 0. The summed E-state index contributed by atoms with van der Waals surface area (Å²) in [5.74, 6) is -11.0. The maximum atomic E-state index is 13.5. The monoisotopic (exact) mass is 594 g/mol. The molecule has 1 N–H and O–H groups in total. The number of ether oxygens (including phenoxy) is 1. The number of rotatable bonds is 20. The minimum Gasteiger partial charge on any atom is -0.461 e. The molecule has 0 aliphatic rings. The lowest BCUT2D eigenvalue weighted by molar-refractivity contribution is -0.162. The molecule has 4 unspecified atom stereocenters. The summed E-state index contributed by atoms with van der Waals surface area (Å²) in [5, 5.41) is 11.3. The van der Waals surface area contributed by atoms with Crippen LogP contribution in [0.1, 0.15) is 102 Å². The Morgan fingerprint density at radius 2 is 1.02 bits per heavy atom. The molecule has 0 heterocycles. The van der Waals surface area contributed by atoms with Crippen molar-refractivity contribution in [2.24, 2.45) is 53.3 Å². The van der Waals surface area contributed by atoms with Gasteiger partial charge in [0.2, 0.25) is 0 Å². The molecule has 0 aliphatic heterocycles. The van der Waals surface area contributed by atoms with Gasteiger partial charge in [0.25, 0.3) is 0 Å². The zero-order chi connectivity index (χ0) is 33.2. The highest BCUT2D eigenvalue weighted by molar-refractivity contribution is 6.12. The average Bonchev–Trinajstić information content (AvgIpc) is 2.97. The van der Waals surface area contributed by atoms with Gasteiger partial charge in [-0.05, 0) is 40.0 Å². The van der Waals surface area contributed by atoms with Gasteiger partial charge in [0.15, 0.2) is 11.6 Å². The number of ketones is 6. The standard InChI is InChI=1S/C33H54O9/c1-13-17(5)27(36)19(7)29(38)21(9)31(40)23(11)33(42-26(35)15-16(3)4)24(12)32(41)22(10)30(39)20(8)28(37)18(6)25(34)14-2/h16-24,32-33,41H,13-15H2,1-12H3/t17-,18?,19?,20?,21?,22+,23-,24-,32+,33-/m0/s1. The molecule has 0 spiro atoms. The Kier molecular flexibility index (Phi) is 16.5. The van der Waals surface area contributed by atoms with Crippen LogP contribution in [-0.4, -0.2) is 58.0 Å². The second kappa shape index (κ2) is 17.5. The fraction of sp³-hybridized carbons (Fsp3) is 0.788. The summed E-state index contributed by atoms with van der Waals surface area (Å²) < 4.78 is 5.72. The summed E-state index contributed by atoms with van der Waals surface area (Å²) in [6.07, 6.45) is -1.82. The van der Waals surface area contributed by atoms with E-state index in [1.807, 2.05) is 20.8 Å². The van der Waals surface area contributed by atoms with Gasteiger partial charge in [0, 0.05) is 30.6 Å². The van der Waals surface area contributed by atoms with Gasteiger partial charge in [-0.2, -0.15) is 0 Å². The molecule has 9 heteroatoms. The quantitative estimate of drug-likeness (QED) is 0.157. The van der Waals surface area contributed by atoms with E-state index in [-0.39, 0.29) is 36.2 Å². The number of esters is 1. The first-order chi connectivity index (χ1) is 19.3. The Morgan fingerprint density at radius 3 is 1.45 bits per heavy atom. The Balaban J connectivity index is 6.14. The van der Waals surface area contributed by atoms with Crippen molar-refractivity contribution in [2.75, 3.05) is 0 Å². The van der Waals surface area contributed by atoms with Crippen LogP contribution in [0.3, 0.4) is 0 Å². The number of carbonyl (C=O) groups excluding carboxylic acids is 7. The fourth-order valence-corrected chi connectivity index (χ4v) is 5.23. The zero-order valence-electron chi connectivity index (χ0n) is 27.7. The van der Waals surface area contributed by atoms with Crippen LogP contribution in [0, 0.1) is 53.3 Å². The lowest BCUT2D eigenvalue weighted by Crippen LogP contribution is -2.47. The Labute approximate surface area is 251 Å². The number of aliphatic hydroxyl groups excluding tert-OH is 1. The van der Waals surface area contributed by atoms with Gasteiger partial charge < -0.3 is 9.84 Å². The van der Waals surface area contributed by atoms with E-state index in [0.29, 0.717) is 6.42 Å². The minimum atomic E-state index is -1.41. The van der Waals surface area contributed by atoms with Crippen molar-refractivity contribution in [1.82, 2.24) is 0 Å². The smallest absolute Gasteiger partial charge is 0.306 e. The molecule has 0 fully saturated rings. The van der Waals surface area contributed by atoms with E-state index in [0.717, 1.165) is 0 Å². The normalized spacial score (nSPS) is 18.8. The van der Waals surface area contributed by atoms with Crippen molar-refractivity contribution in [3.8, 4) is 0 Å². The molecule has 0 aromatic rings. The molecular formula is C33H54O9. The van der Waals surface area contributed by atoms with E-state index in [1.54, 1.807) is 20.8 Å². The average molecular weight is 595 g/mol. The zero-order valence-corrected chi connectivity index (χ0v) is 27.7. The van der Waals surface area contributed by atoms with Gasteiger partial charge in [-0.1, -0.05) is 55.4 Å². The first-order valence-corrected chi connectivity index (χ1v) is 15.3. The summed E-state index contributed by atoms with van der Waals surface area (Å²) in [7, 11) is 0. The van der Waals surface area contributed by atoms with Crippen molar-refractivity contribution in [3.05, 3.63) is 0 Å². The second-order valence-corrected chi connectivity index (χ2v) is 12.5. The molecule has 10 atom stereocenters. The highest BCUT2D eigenvalue weighted by Crippen LogP contribution is 2.30. The highest BCUT2D eigenvalue weighted by Gasteiger charge is 2.43. The fourth-order valence-electron chi connectivity index (χ4n) is 5.23. The Bertz CT molecular complexity index is 997. The second-order valence-electron chi connectivity index (χ2n) is 12.5. The molecule has 0 saturated carbocycles. The molecule has 0 bridgehead atoms. The summed E-state index contributed by atoms with van der Waals surface area (Å²) in [6.45, 7) is 19.1. The van der Waals surface area contributed by atoms with E-state index in [4.69, 9.17) is 4.74 Å². The van der Waals surface area contributed by atoms with Gasteiger partial charge in [0.05, 0.1) is 35.7 Å². The van der Waals surface area contributed by atoms with E-state index in [1.165, 1.54) is 41.5 Å². The highest BCUT2D eigenvalue weighted by atomic mass is 16.5. The third kappa shape index (κ3) is 10.3. The minimum absolute atomic E-state index is 0.0440. The summed E-state index contributed by atoms with van der Waals surface area (Å²) in [6, 6.07) is 0. The molecule has 0 rings (SSSR count). The molecule has 240 valence electrons. The first kappa shape index (κ1) is 39.5. The van der Waals surface area contributed by atoms with Crippen LogP contribution in [-0.2, 0) is 38.3 Å². The summed E-state index contributed by atoms with van der Waals surface area (Å²) in [4.78, 5) is 90.0.